The first kappa shape index (κ1) is 34.2. The molecule has 5 rings (SSSR count). The van der Waals surface area contributed by atoms with E-state index >= 15 is 0 Å². The highest BCUT2D eigenvalue weighted by Gasteiger charge is 2.34. The van der Waals surface area contributed by atoms with Crippen molar-refractivity contribution in [2.24, 2.45) is 0 Å². The summed E-state index contributed by atoms with van der Waals surface area (Å²) in [7, 11) is 2.94. The van der Waals surface area contributed by atoms with Gasteiger partial charge in [0, 0.05) is 49.9 Å². The topological polar surface area (TPSA) is 161 Å². The molecule has 3 aromatic rings. The molecule has 14 nitrogen and oxygen atoms in total. The van der Waals surface area contributed by atoms with Gasteiger partial charge in [0.15, 0.2) is 5.78 Å². The van der Waals surface area contributed by atoms with Crippen LogP contribution in [0.2, 0.25) is 5.02 Å². The van der Waals surface area contributed by atoms with E-state index in [1.807, 2.05) is 0 Å². The summed E-state index contributed by atoms with van der Waals surface area (Å²) in [6, 6.07) is 8.36. The molecular weight excluding hydrogens is 644 g/mol. The number of ketones is 1. The van der Waals surface area contributed by atoms with Crippen LogP contribution in [0.4, 0.5) is 10.5 Å². The highest BCUT2D eigenvalue weighted by molar-refractivity contribution is 6.34. The number of rotatable bonds is 9. The van der Waals surface area contributed by atoms with Crippen LogP contribution in [0.25, 0.3) is 11.1 Å². The summed E-state index contributed by atoms with van der Waals surface area (Å²) in [4.78, 5) is 81.9. The van der Waals surface area contributed by atoms with Gasteiger partial charge in [-0.2, -0.15) is 0 Å². The maximum Gasteiger partial charge on any atom is 0.331 e. The van der Waals surface area contributed by atoms with E-state index in [-0.39, 0.29) is 66.9 Å². The molecular formula is C33H37ClN6O8. The van der Waals surface area contributed by atoms with Crippen molar-refractivity contribution in [3.63, 3.8) is 0 Å². The van der Waals surface area contributed by atoms with E-state index in [4.69, 9.17) is 21.1 Å². The SMILES string of the molecule is COc1ccc2c(c1)C(=O)CN(C1CCN(C(=O)Cn3cc(-c4cccc(OC)c4Cl)c(=O)n(C(C)CNC(C)=O)c3=O)CC1)C(=O)N2. The van der Waals surface area contributed by atoms with Crippen LogP contribution in [-0.4, -0.2) is 89.0 Å². The molecule has 0 saturated carbocycles. The van der Waals surface area contributed by atoms with Crippen LogP contribution in [0.5, 0.6) is 11.5 Å². The van der Waals surface area contributed by atoms with Crippen LogP contribution in [0.15, 0.2) is 52.2 Å². The van der Waals surface area contributed by atoms with Crippen LogP contribution in [0.3, 0.4) is 0 Å². The number of methoxy groups -OCH3 is 2. The lowest BCUT2D eigenvalue weighted by Gasteiger charge is -2.37. The predicted molar refractivity (Wildman–Crippen MR) is 178 cm³/mol. The van der Waals surface area contributed by atoms with E-state index in [2.05, 4.69) is 10.6 Å². The summed E-state index contributed by atoms with van der Waals surface area (Å²) in [5.74, 6) is -0.0880. The van der Waals surface area contributed by atoms with Gasteiger partial charge in [0.25, 0.3) is 5.56 Å². The first-order chi connectivity index (χ1) is 22.9. The van der Waals surface area contributed by atoms with Gasteiger partial charge in [0.1, 0.15) is 18.0 Å². The summed E-state index contributed by atoms with van der Waals surface area (Å²) in [6.45, 7) is 3.03. The Bertz CT molecular complexity index is 1880. The van der Waals surface area contributed by atoms with Crippen LogP contribution >= 0.6 is 11.6 Å². The number of ether oxygens (including phenoxy) is 2. The summed E-state index contributed by atoms with van der Waals surface area (Å²) < 4.78 is 12.7. The fraction of sp³-hybridized carbons (Fsp3) is 0.394. The molecule has 2 aliphatic rings. The number of benzene rings is 2. The smallest absolute Gasteiger partial charge is 0.331 e. The van der Waals surface area contributed by atoms with Gasteiger partial charge in [-0.3, -0.25) is 28.3 Å². The second-order valence-corrected chi connectivity index (χ2v) is 12.1. The maximum absolute atomic E-state index is 13.7. The number of aromatic nitrogens is 2. The molecule has 1 fully saturated rings. The van der Waals surface area contributed by atoms with Crippen LogP contribution < -0.4 is 31.4 Å². The van der Waals surface area contributed by atoms with Crippen molar-refractivity contribution in [1.29, 1.82) is 0 Å². The Kier molecular flexibility index (Phi) is 10.2. The predicted octanol–water partition coefficient (Wildman–Crippen LogP) is 2.77. The zero-order valence-electron chi connectivity index (χ0n) is 27.1. The number of fused-ring (bicyclic) bond motifs is 1. The molecule has 0 spiro atoms. The Morgan fingerprint density at radius 2 is 1.75 bits per heavy atom. The zero-order valence-corrected chi connectivity index (χ0v) is 27.8. The normalized spacial score (nSPS) is 15.7. The largest absolute Gasteiger partial charge is 0.497 e. The molecule has 15 heteroatoms. The van der Waals surface area contributed by atoms with Crippen molar-refractivity contribution < 1.29 is 28.7 Å². The summed E-state index contributed by atoms with van der Waals surface area (Å²) in [5, 5.41) is 5.60. The molecule has 3 heterocycles. The van der Waals surface area contributed by atoms with E-state index in [0.29, 0.717) is 41.2 Å². The summed E-state index contributed by atoms with van der Waals surface area (Å²) >= 11 is 6.57. The molecule has 1 atom stereocenters. The Morgan fingerprint density at radius 3 is 2.42 bits per heavy atom. The third kappa shape index (κ3) is 6.93. The van der Waals surface area contributed by atoms with Gasteiger partial charge in [-0.25, -0.2) is 9.59 Å². The molecule has 0 radical (unpaired) electrons. The average Bonchev–Trinajstić information content (AvgIpc) is 3.20. The van der Waals surface area contributed by atoms with E-state index in [1.54, 1.807) is 48.2 Å². The van der Waals surface area contributed by atoms with Crippen molar-refractivity contribution in [2.45, 2.75) is 45.3 Å². The van der Waals surface area contributed by atoms with Crippen LogP contribution in [0.1, 0.15) is 43.1 Å². The molecule has 1 unspecified atom stereocenters. The molecule has 0 aliphatic carbocycles. The lowest BCUT2D eigenvalue weighted by molar-refractivity contribution is -0.133. The number of amides is 4. The number of hydrogen-bond acceptors (Lipinski definition) is 8. The Balaban J connectivity index is 1.36. The van der Waals surface area contributed by atoms with Crippen LogP contribution in [0, 0.1) is 0 Å². The van der Waals surface area contributed by atoms with Gasteiger partial charge in [-0.05, 0) is 44.0 Å². The van der Waals surface area contributed by atoms with Gasteiger partial charge >= 0.3 is 11.7 Å². The second kappa shape index (κ2) is 14.3. The van der Waals surface area contributed by atoms with Crippen molar-refractivity contribution in [1.82, 2.24) is 24.3 Å². The van der Waals surface area contributed by atoms with E-state index in [0.717, 1.165) is 9.13 Å². The Hall–Kier alpha value is -5.11. The molecule has 2 aromatic carbocycles. The van der Waals surface area contributed by atoms with E-state index < -0.39 is 23.3 Å². The number of carbonyl (C=O) groups is 4. The van der Waals surface area contributed by atoms with Gasteiger partial charge in [0.05, 0.1) is 43.1 Å². The third-order valence-corrected chi connectivity index (χ3v) is 9.04. The number of likely N-dealkylation sites (tertiary alicyclic amines) is 1. The van der Waals surface area contributed by atoms with Crippen molar-refractivity contribution in [2.75, 3.05) is 45.7 Å². The van der Waals surface area contributed by atoms with Gasteiger partial charge in [0.2, 0.25) is 11.8 Å². The number of urea groups is 1. The number of nitrogens with zero attached hydrogens (tertiary/aromatic N) is 4. The Morgan fingerprint density at radius 1 is 1.02 bits per heavy atom. The van der Waals surface area contributed by atoms with Gasteiger partial charge in [-0.1, -0.05) is 23.7 Å². The molecule has 2 aliphatic heterocycles. The minimum Gasteiger partial charge on any atom is -0.497 e. The van der Waals surface area contributed by atoms with Gasteiger partial charge < -0.3 is 29.9 Å². The highest BCUT2D eigenvalue weighted by Crippen LogP contribution is 2.34. The summed E-state index contributed by atoms with van der Waals surface area (Å²) in [6.07, 6.45) is 2.15. The van der Waals surface area contributed by atoms with Crippen molar-refractivity contribution in [3.8, 4) is 22.6 Å². The third-order valence-electron chi connectivity index (χ3n) is 8.65. The molecule has 254 valence electrons. The van der Waals surface area contributed by atoms with Crippen molar-refractivity contribution in [3.05, 3.63) is 74.0 Å². The van der Waals surface area contributed by atoms with E-state index in [9.17, 15) is 28.8 Å². The molecule has 1 aromatic heterocycles. The first-order valence-electron chi connectivity index (χ1n) is 15.4. The minimum absolute atomic E-state index is 0.00639. The molecule has 4 amide bonds. The van der Waals surface area contributed by atoms with Gasteiger partial charge in [-0.15, -0.1) is 0 Å². The van der Waals surface area contributed by atoms with Crippen LogP contribution in [-0.2, 0) is 16.1 Å². The highest BCUT2D eigenvalue weighted by atomic mass is 35.5. The minimum atomic E-state index is -0.745. The summed E-state index contributed by atoms with van der Waals surface area (Å²) in [5.41, 5.74) is -0.188. The zero-order chi connectivity index (χ0) is 34.7. The Labute approximate surface area is 281 Å². The number of nitrogens with one attached hydrogen (secondary N) is 2. The molecule has 2 N–H and O–H groups in total. The fourth-order valence-electron chi connectivity index (χ4n) is 6.02. The quantitative estimate of drug-likeness (QED) is 0.349. The van der Waals surface area contributed by atoms with E-state index in [1.165, 1.54) is 32.2 Å². The monoisotopic (exact) mass is 680 g/mol. The number of Topliss-reactive ketones (excluding diaryl/α,β-unsaturated/α-hetero) is 1. The maximum atomic E-state index is 13.7. The molecule has 0 bridgehead atoms. The fourth-order valence-corrected chi connectivity index (χ4v) is 6.33. The standard InChI is InChI=1S/C33H37ClN6O8/c1-19(15-35-20(2)41)40-31(44)25(23-6-5-7-28(48-4)30(23)34)16-38(33(40)46)18-29(43)37-12-10-21(11-13-37)39-17-27(42)24-14-22(47-3)8-9-26(24)36-32(39)45/h5-9,14,16,19,21H,10-13,15,17-18H2,1-4H3,(H,35,41)(H,36,45). The number of halogens is 1. The lowest BCUT2D eigenvalue weighted by atomic mass is 10.0. The van der Waals surface area contributed by atoms with Crippen molar-refractivity contribution >= 4 is 40.9 Å². The number of piperidine rings is 1. The lowest BCUT2D eigenvalue weighted by Crippen LogP contribution is -2.51. The average molecular weight is 681 g/mol. The molecule has 48 heavy (non-hydrogen) atoms. The first-order valence-corrected chi connectivity index (χ1v) is 15.8. The number of anilines is 1. The number of carbonyl (C=O) groups excluding carboxylic acids is 4. The second-order valence-electron chi connectivity index (χ2n) is 11.7. The number of hydrogen-bond donors (Lipinski definition) is 2. The molecule has 1 saturated heterocycles.